The zero-order chi connectivity index (χ0) is 17.2. The van der Waals surface area contributed by atoms with Crippen LogP contribution in [0.2, 0.25) is 0 Å². The predicted molar refractivity (Wildman–Crippen MR) is 91.6 cm³/mol. The molecule has 1 aromatic rings. The minimum absolute atomic E-state index is 0.0627. The van der Waals surface area contributed by atoms with Crippen LogP contribution in [0.5, 0.6) is 0 Å². The number of thioether (sulfide) groups is 1. The number of likely N-dealkylation sites (tertiary alicyclic amines) is 1. The molecule has 0 radical (unpaired) electrons. The second-order valence-corrected chi connectivity index (χ2v) is 8.00. The van der Waals surface area contributed by atoms with Crippen molar-refractivity contribution in [3.8, 4) is 0 Å². The molecule has 3 aliphatic heterocycles. The van der Waals surface area contributed by atoms with Gasteiger partial charge in [0.1, 0.15) is 0 Å². The highest BCUT2D eigenvalue weighted by molar-refractivity contribution is 8.00. The van der Waals surface area contributed by atoms with Gasteiger partial charge in [-0.05, 0) is 32.1 Å². The molecular formula is C16H24N4O4S. The minimum Gasteiger partial charge on any atom is -0.381 e. The van der Waals surface area contributed by atoms with Crippen LogP contribution in [-0.2, 0) is 20.8 Å². The number of aromatic nitrogens is 3. The van der Waals surface area contributed by atoms with Gasteiger partial charge in [0.2, 0.25) is 5.91 Å². The van der Waals surface area contributed by atoms with Crippen LogP contribution in [0, 0.1) is 0 Å². The van der Waals surface area contributed by atoms with Gasteiger partial charge in [0.15, 0.2) is 5.16 Å². The van der Waals surface area contributed by atoms with Crippen LogP contribution in [-0.4, -0.2) is 69.3 Å². The zero-order valence-electron chi connectivity index (χ0n) is 14.2. The Morgan fingerprint density at radius 2 is 2.00 bits per heavy atom. The molecule has 4 rings (SSSR count). The van der Waals surface area contributed by atoms with Gasteiger partial charge < -0.3 is 14.4 Å². The monoisotopic (exact) mass is 368 g/mol. The third-order valence-electron chi connectivity index (χ3n) is 5.20. The molecule has 0 spiro atoms. The van der Waals surface area contributed by atoms with Crippen LogP contribution in [0.25, 0.3) is 0 Å². The molecule has 9 heteroatoms. The molecule has 2 atom stereocenters. The number of rotatable bonds is 5. The summed E-state index contributed by atoms with van der Waals surface area (Å²) in [7, 11) is 0. The second-order valence-electron chi connectivity index (χ2n) is 6.83. The fraction of sp³-hybridized carbons (Fsp3) is 0.812. The topological polar surface area (TPSA) is 89.5 Å². The van der Waals surface area contributed by atoms with Crippen molar-refractivity contribution in [3.63, 3.8) is 0 Å². The predicted octanol–water partition coefficient (Wildman–Crippen LogP) is 0.622. The number of hydrogen-bond donors (Lipinski definition) is 1. The van der Waals surface area contributed by atoms with E-state index in [-0.39, 0.29) is 23.0 Å². The first-order chi connectivity index (χ1) is 12.2. The summed E-state index contributed by atoms with van der Waals surface area (Å²) < 4.78 is 12.6. The molecule has 1 aromatic heterocycles. The Labute approximate surface area is 150 Å². The molecule has 1 amide bonds. The van der Waals surface area contributed by atoms with Crippen molar-refractivity contribution in [1.82, 2.24) is 19.7 Å². The highest BCUT2D eigenvalue weighted by Crippen LogP contribution is 2.32. The smallest absolute Gasteiger partial charge is 0.344 e. The van der Waals surface area contributed by atoms with E-state index in [1.807, 2.05) is 4.90 Å². The third kappa shape index (κ3) is 3.63. The zero-order valence-corrected chi connectivity index (χ0v) is 15.0. The average Bonchev–Trinajstić information content (AvgIpc) is 3.34. The van der Waals surface area contributed by atoms with Crippen LogP contribution in [0.15, 0.2) is 9.95 Å². The number of nitrogens with zero attached hydrogens (tertiary/aromatic N) is 3. The van der Waals surface area contributed by atoms with Gasteiger partial charge in [-0.15, -0.1) is 5.10 Å². The highest BCUT2D eigenvalue weighted by Gasteiger charge is 2.38. The second kappa shape index (κ2) is 7.51. The first-order valence-electron chi connectivity index (χ1n) is 9.04. The van der Waals surface area contributed by atoms with Crippen molar-refractivity contribution in [1.29, 1.82) is 0 Å². The van der Waals surface area contributed by atoms with Crippen LogP contribution in [0.1, 0.15) is 32.1 Å². The molecule has 3 saturated heterocycles. The number of amides is 1. The van der Waals surface area contributed by atoms with Crippen molar-refractivity contribution in [2.45, 2.75) is 61.2 Å². The summed E-state index contributed by atoms with van der Waals surface area (Å²) in [5.74, 6) is 0.163. The summed E-state index contributed by atoms with van der Waals surface area (Å²) in [6.45, 7) is 3.49. The van der Waals surface area contributed by atoms with E-state index < -0.39 is 0 Å². The number of hydrogen-bond acceptors (Lipinski definition) is 6. The third-order valence-corrected chi connectivity index (χ3v) is 6.45. The molecule has 3 fully saturated rings. The average molecular weight is 368 g/mol. The maximum atomic E-state index is 12.8. The van der Waals surface area contributed by atoms with Gasteiger partial charge in [0.05, 0.1) is 17.9 Å². The van der Waals surface area contributed by atoms with E-state index in [1.54, 1.807) is 4.57 Å². The van der Waals surface area contributed by atoms with Crippen LogP contribution in [0.4, 0.5) is 0 Å². The van der Waals surface area contributed by atoms with E-state index in [4.69, 9.17) is 9.47 Å². The molecule has 25 heavy (non-hydrogen) atoms. The Balaban J connectivity index is 1.42. The Hall–Kier alpha value is -1.32. The summed E-state index contributed by atoms with van der Waals surface area (Å²) in [6, 6.07) is 0.292. The normalized spacial score (nSPS) is 28.2. The van der Waals surface area contributed by atoms with E-state index in [0.717, 1.165) is 58.5 Å². The fourth-order valence-corrected chi connectivity index (χ4v) is 4.91. The van der Waals surface area contributed by atoms with E-state index in [1.165, 1.54) is 11.8 Å². The molecule has 2 unspecified atom stereocenters. The number of aromatic amines is 1. The molecule has 0 bridgehead atoms. The van der Waals surface area contributed by atoms with E-state index in [9.17, 15) is 9.59 Å². The Morgan fingerprint density at radius 3 is 2.76 bits per heavy atom. The van der Waals surface area contributed by atoms with Crippen molar-refractivity contribution >= 4 is 17.7 Å². The summed E-state index contributed by atoms with van der Waals surface area (Å²) in [6.07, 6.45) is 4.67. The van der Waals surface area contributed by atoms with Crippen molar-refractivity contribution < 1.29 is 14.3 Å². The van der Waals surface area contributed by atoms with Crippen molar-refractivity contribution in [3.05, 3.63) is 10.5 Å². The van der Waals surface area contributed by atoms with Gasteiger partial charge in [-0.25, -0.2) is 9.89 Å². The van der Waals surface area contributed by atoms with Gasteiger partial charge in [-0.1, -0.05) is 11.8 Å². The molecule has 0 aromatic carbocycles. The number of ether oxygens (including phenoxy) is 2. The SMILES string of the molecule is O=C1C(Sc2n[nH]c(=O)n2CC2CCCO2)CCN1C1CCOCC1. The molecule has 1 N–H and O–H groups in total. The molecule has 138 valence electrons. The van der Waals surface area contributed by atoms with Gasteiger partial charge in [-0.3, -0.25) is 9.36 Å². The van der Waals surface area contributed by atoms with Crippen molar-refractivity contribution in [2.24, 2.45) is 0 Å². The number of carbonyl (C=O) groups is 1. The minimum atomic E-state index is -0.232. The number of H-pyrrole nitrogens is 1. The van der Waals surface area contributed by atoms with Gasteiger partial charge >= 0.3 is 5.69 Å². The largest absolute Gasteiger partial charge is 0.381 e. The Bertz CT molecular complexity index is 663. The van der Waals surface area contributed by atoms with Crippen LogP contribution >= 0.6 is 11.8 Å². The fourth-order valence-electron chi connectivity index (χ4n) is 3.82. The molecule has 8 nitrogen and oxygen atoms in total. The van der Waals surface area contributed by atoms with Crippen molar-refractivity contribution in [2.75, 3.05) is 26.4 Å². The van der Waals surface area contributed by atoms with Crippen LogP contribution in [0.3, 0.4) is 0 Å². The number of carbonyl (C=O) groups excluding carboxylic acids is 1. The molecular weight excluding hydrogens is 344 g/mol. The lowest BCUT2D eigenvalue weighted by molar-refractivity contribution is -0.130. The van der Waals surface area contributed by atoms with E-state index in [0.29, 0.717) is 17.7 Å². The highest BCUT2D eigenvalue weighted by atomic mass is 32.2. The first kappa shape index (κ1) is 17.1. The summed E-state index contributed by atoms with van der Waals surface area (Å²) in [5.41, 5.74) is -0.232. The molecule has 0 aliphatic carbocycles. The lowest BCUT2D eigenvalue weighted by Crippen LogP contribution is -2.41. The quantitative estimate of drug-likeness (QED) is 0.820. The number of nitrogens with one attached hydrogen (secondary N) is 1. The van der Waals surface area contributed by atoms with Crippen LogP contribution < -0.4 is 5.69 Å². The van der Waals surface area contributed by atoms with E-state index >= 15 is 0 Å². The first-order valence-corrected chi connectivity index (χ1v) is 9.92. The van der Waals surface area contributed by atoms with E-state index in [2.05, 4.69) is 10.2 Å². The molecule has 4 heterocycles. The lowest BCUT2D eigenvalue weighted by Gasteiger charge is -2.31. The Kier molecular flexibility index (Phi) is 5.14. The molecule has 0 saturated carbocycles. The molecule has 3 aliphatic rings. The van der Waals surface area contributed by atoms with Gasteiger partial charge in [0, 0.05) is 32.4 Å². The summed E-state index contributed by atoms with van der Waals surface area (Å²) in [5, 5.41) is 7.07. The Morgan fingerprint density at radius 1 is 1.16 bits per heavy atom. The maximum Gasteiger partial charge on any atom is 0.344 e. The summed E-state index contributed by atoms with van der Waals surface area (Å²) >= 11 is 1.40. The lowest BCUT2D eigenvalue weighted by atomic mass is 10.1. The van der Waals surface area contributed by atoms with Gasteiger partial charge in [-0.2, -0.15) is 0 Å². The summed E-state index contributed by atoms with van der Waals surface area (Å²) in [4.78, 5) is 26.8. The van der Waals surface area contributed by atoms with Gasteiger partial charge in [0.25, 0.3) is 0 Å². The standard InChI is InChI=1S/C16H24N4O4S/c21-14-13(3-6-19(14)11-4-8-23-9-5-11)25-16-18-17-15(22)20(16)10-12-2-1-7-24-12/h11-13H,1-10H2,(H,17,22). The maximum absolute atomic E-state index is 12.8.